The summed E-state index contributed by atoms with van der Waals surface area (Å²) in [6, 6.07) is 25.2. The summed E-state index contributed by atoms with van der Waals surface area (Å²) < 4.78 is 0.986. The lowest BCUT2D eigenvalue weighted by Gasteiger charge is -2.24. The van der Waals surface area contributed by atoms with Gasteiger partial charge in [0.25, 0.3) is 5.91 Å². The van der Waals surface area contributed by atoms with E-state index in [2.05, 4.69) is 38.6 Å². The van der Waals surface area contributed by atoms with E-state index in [9.17, 15) is 9.59 Å². The molecule has 1 aliphatic heterocycles. The lowest BCUT2D eigenvalue weighted by molar-refractivity contribution is -0.128. The quantitative estimate of drug-likeness (QED) is 0.360. The molecule has 1 saturated heterocycles. The summed E-state index contributed by atoms with van der Waals surface area (Å²) in [6.07, 6.45) is 2.42. The van der Waals surface area contributed by atoms with Gasteiger partial charge in [-0.1, -0.05) is 70.5 Å². The average molecular weight is 508 g/mol. The van der Waals surface area contributed by atoms with Crippen LogP contribution in [0.1, 0.15) is 32.4 Å². The van der Waals surface area contributed by atoms with E-state index in [-0.39, 0.29) is 17.2 Å². The van der Waals surface area contributed by atoms with Gasteiger partial charge in [0.1, 0.15) is 5.37 Å². The molecule has 1 N–H and O–H groups in total. The predicted molar refractivity (Wildman–Crippen MR) is 133 cm³/mol. The largest absolute Gasteiger partial charge is 0.326 e. The molecule has 2 amide bonds. The fourth-order valence-electron chi connectivity index (χ4n) is 3.44. The van der Waals surface area contributed by atoms with Gasteiger partial charge < -0.3 is 4.90 Å². The molecule has 0 saturated carbocycles. The van der Waals surface area contributed by atoms with Crippen LogP contribution in [0.3, 0.4) is 0 Å². The lowest BCUT2D eigenvalue weighted by atomic mass is 10.1. The van der Waals surface area contributed by atoms with Gasteiger partial charge in [-0.05, 0) is 47.4 Å². The normalized spacial score (nSPS) is 16.0. The minimum absolute atomic E-state index is 0.0289. The van der Waals surface area contributed by atoms with Crippen LogP contribution in [0.2, 0.25) is 0 Å². The number of hydrogen-bond acceptors (Lipinski definition) is 4. The standard InChI is InChI=1S/C25H22BrN3O2S/c26-22-12-6-19(7-13-22)16-27-28-24(31)20-8-10-21(11-9-20)25-29(23(30)17-32-25)15-14-18-4-2-1-3-5-18/h1-13,16,25H,14-15,17H2,(H,28,31). The number of carbonyl (C=O) groups excluding carboxylic acids is 2. The van der Waals surface area contributed by atoms with Crippen LogP contribution < -0.4 is 5.43 Å². The molecular weight excluding hydrogens is 486 g/mol. The highest BCUT2D eigenvalue weighted by Crippen LogP contribution is 2.38. The Morgan fingerprint density at radius 1 is 1.06 bits per heavy atom. The van der Waals surface area contributed by atoms with E-state index in [1.165, 1.54) is 5.56 Å². The van der Waals surface area contributed by atoms with Gasteiger partial charge in [0, 0.05) is 16.6 Å². The monoisotopic (exact) mass is 507 g/mol. The van der Waals surface area contributed by atoms with Gasteiger partial charge in [0.05, 0.1) is 12.0 Å². The van der Waals surface area contributed by atoms with Crippen molar-refractivity contribution in [3.05, 3.63) is 106 Å². The minimum Gasteiger partial charge on any atom is -0.326 e. The Balaban J connectivity index is 1.36. The van der Waals surface area contributed by atoms with E-state index in [1.54, 1.807) is 30.1 Å². The predicted octanol–water partition coefficient (Wildman–Crippen LogP) is 5.03. The summed E-state index contributed by atoms with van der Waals surface area (Å²) in [4.78, 5) is 26.8. The van der Waals surface area contributed by atoms with Crippen LogP contribution in [0.4, 0.5) is 0 Å². The van der Waals surface area contributed by atoms with Crippen LogP contribution in [0.15, 0.2) is 88.4 Å². The van der Waals surface area contributed by atoms with E-state index in [0.29, 0.717) is 17.9 Å². The molecule has 0 aromatic heterocycles. The first-order chi connectivity index (χ1) is 15.6. The van der Waals surface area contributed by atoms with Gasteiger partial charge >= 0.3 is 0 Å². The number of rotatable bonds is 7. The average Bonchev–Trinajstić information content (AvgIpc) is 3.20. The number of hydrazone groups is 1. The zero-order valence-corrected chi connectivity index (χ0v) is 19.7. The molecule has 1 fully saturated rings. The maximum Gasteiger partial charge on any atom is 0.271 e. The highest BCUT2D eigenvalue weighted by molar-refractivity contribution is 9.10. The van der Waals surface area contributed by atoms with Gasteiger partial charge in [-0.15, -0.1) is 11.8 Å². The Morgan fingerprint density at radius 3 is 2.50 bits per heavy atom. The third-order valence-corrected chi connectivity index (χ3v) is 6.94. The van der Waals surface area contributed by atoms with E-state index in [4.69, 9.17) is 0 Å². The fourth-order valence-corrected chi connectivity index (χ4v) is 4.93. The molecule has 3 aromatic carbocycles. The van der Waals surface area contributed by atoms with E-state index < -0.39 is 0 Å². The summed E-state index contributed by atoms with van der Waals surface area (Å²) >= 11 is 5.01. The summed E-state index contributed by atoms with van der Waals surface area (Å²) in [7, 11) is 0. The van der Waals surface area contributed by atoms with E-state index in [1.807, 2.05) is 59.5 Å². The van der Waals surface area contributed by atoms with Gasteiger partial charge in [-0.25, -0.2) is 5.43 Å². The molecule has 1 atom stereocenters. The Labute approximate surface area is 200 Å². The number of amides is 2. The van der Waals surface area contributed by atoms with Crippen LogP contribution in [-0.4, -0.2) is 35.2 Å². The summed E-state index contributed by atoms with van der Waals surface area (Å²) in [5.41, 5.74) is 6.20. The molecule has 4 rings (SSSR count). The molecule has 3 aromatic rings. The number of nitrogens with zero attached hydrogens (tertiary/aromatic N) is 2. The van der Waals surface area contributed by atoms with E-state index >= 15 is 0 Å². The Morgan fingerprint density at radius 2 is 1.78 bits per heavy atom. The van der Waals surface area contributed by atoms with Crippen LogP contribution in [0.25, 0.3) is 0 Å². The van der Waals surface area contributed by atoms with Gasteiger partial charge in [-0.2, -0.15) is 5.10 Å². The second kappa shape index (κ2) is 10.6. The number of halogens is 1. The van der Waals surface area contributed by atoms with Crippen molar-refractivity contribution < 1.29 is 9.59 Å². The van der Waals surface area contributed by atoms with Crippen molar-refractivity contribution in [1.29, 1.82) is 0 Å². The van der Waals surface area contributed by atoms with E-state index in [0.717, 1.165) is 22.0 Å². The molecular formula is C25H22BrN3O2S. The third kappa shape index (κ3) is 5.66. The van der Waals surface area contributed by atoms with Crippen molar-refractivity contribution >= 4 is 45.7 Å². The second-order valence-corrected chi connectivity index (χ2v) is 9.34. The zero-order chi connectivity index (χ0) is 22.3. The van der Waals surface area contributed by atoms with Crippen LogP contribution in [-0.2, 0) is 11.2 Å². The molecule has 1 aliphatic rings. The first-order valence-electron chi connectivity index (χ1n) is 10.2. The van der Waals surface area contributed by atoms with Gasteiger partial charge in [0.2, 0.25) is 5.91 Å². The lowest BCUT2D eigenvalue weighted by Crippen LogP contribution is -2.30. The zero-order valence-electron chi connectivity index (χ0n) is 17.3. The fraction of sp³-hybridized carbons (Fsp3) is 0.160. The smallest absolute Gasteiger partial charge is 0.271 e. The molecule has 0 radical (unpaired) electrons. The number of hydrogen-bond donors (Lipinski definition) is 1. The van der Waals surface area contributed by atoms with Crippen LogP contribution >= 0.6 is 27.7 Å². The topological polar surface area (TPSA) is 61.8 Å². The molecule has 162 valence electrons. The molecule has 0 bridgehead atoms. The van der Waals surface area contributed by atoms with Crippen molar-refractivity contribution in [2.45, 2.75) is 11.8 Å². The van der Waals surface area contributed by atoms with Gasteiger partial charge in [-0.3, -0.25) is 9.59 Å². The van der Waals surface area contributed by atoms with Crippen LogP contribution in [0.5, 0.6) is 0 Å². The SMILES string of the molecule is O=C(NN=Cc1ccc(Br)cc1)c1ccc(C2SCC(=O)N2CCc2ccccc2)cc1. The molecule has 1 heterocycles. The summed E-state index contributed by atoms with van der Waals surface area (Å²) in [5.74, 6) is 0.355. The Kier molecular flexibility index (Phi) is 7.39. The van der Waals surface area contributed by atoms with Crippen molar-refractivity contribution in [1.82, 2.24) is 10.3 Å². The molecule has 5 nitrogen and oxygen atoms in total. The highest BCUT2D eigenvalue weighted by atomic mass is 79.9. The van der Waals surface area contributed by atoms with Crippen molar-refractivity contribution in [3.8, 4) is 0 Å². The first kappa shape index (κ1) is 22.3. The summed E-state index contributed by atoms with van der Waals surface area (Å²) in [6.45, 7) is 0.674. The third-order valence-electron chi connectivity index (χ3n) is 5.16. The molecule has 7 heteroatoms. The van der Waals surface area contributed by atoms with Crippen molar-refractivity contribution in [3.63, 3.8) is 0 Å². The Bertz CT molecular complexity index is 1100. The van der Waals surface area contributed by atoms with Crippen molar-refractivity contribution in [2.75, 3.05) is 12.3 Å². The minimum atomic E-state index is -0.277. The second-order valence-electron chi connectivity index (χ2n) is 7.36. The summed E-state index contributed by atoms with van der Waals surface area (Å²) in [5, 5.41) is 4.00. The highest BCUT2D eigenvalue weighted by Gasteiger charge is 2.32. The molecule has 1 unspecified atom stereocenters. The molecule has 0 aliphatic carbocycles. The molecule has 32 heavy (non-hydrogen) atoms. The maximum atomic E-state index is 12.4. The van der Waals surface area contributed by atoms with Crippen LogP contribution in [0, 0.1) is 0 Å². The maximum absolute atomic E-state index is 12.4. The first-order valence-corrected chi connectivity index (χ1v) is 12.1. The number of carbonyl (C=O) groups is 2. The van der Waals surface area contributed by atoms with Gasteiger partial charge in [0.15, 0.2) is 0 Å². The number of benzene rings is 3. The number of thioether (sulfide) groups is 1. The van der Waals surface area contributed by atoms with Crippen molar-refractivity contribution in [2.24, 2.45) is 5.10 Å². The Hall–Kier alpha value is -2.90. The molecule has 0 spiro atoms. The number of nitrogens with one attached hydrogen (secondary N) is 1.